The molecule has 0 spiro atoms. The molecule has 0 aliphatic carbocycles. The fourth-order valence-electron chi connectivity index (χ4n) is 1.98. The number of rotatable bonds is 7. The minimum Gasteiger partial charge on any atom is -0.385 e. The molecule has 2 nitrogen and oxygen atoms in total. The molecule has 0 bridgehead atoms. The van der Waals surface area contributed by atoms with Crippen molar-refractivity contribution in [3.8, 4) is 0 Å². The molecule has 0 fully saturated rings. The standard InChI is InChI=1S/C14H22ClNO/c1-11(7-8-17-2)13(10-16)9-12-3-5-14(15)6-4-12/h3-6,11,13H,7-10,16H2,1-2H3. The predicted molar refractivity (Wildman–Crippen MR) is 73.4 cm³/mol. The molecule has 3 heteroatoms. The molecular weight excluding hydrogens is 234 g/mol. The first-order valence-electron chi connectivity index (χ1n) is 6.10. The van der Waals surface area contributed by atoms with Crippen LogP contribution in [0.25, 0.3) is 0 Å². The molecule has 0 saturated carbocycles. The van der Waals surface area contributed by atoms with Crippen molar-refractivity contribution in [1.82, 2.24) is 0 Å². The highest BCUT2D eigenvalue weighted by Crippen LogP contribution is 2.20. The van der Waals surface area contributed by atoms with Gasteiger partial charge in [0.05, 0.1) is 0 Å². The van der Waals surface area contributed by atoms with Crippen molar-refractivity contribution in [1.29, 1.82) is 0 Å². The number of hydrogen-bond donors (Lipinski definition) is 1. The van der Waals surface area contributed by atoms with Gasteiger partial charge in [-0.3, -0.25) is 0 Å². The zero-order valence-electron chi connectivity index (χ0n) is 10.7. The molecule has 0 aromatic heterocycles. The fourth-order valence-corrected chi connectivity index (χ4v) is 2.11. The van der Waals surface area contributed by atoms with Crippen LogP contribution in [-0.4, -0.2) is 20.3 Å². The summed E-state index contributed by atoms with van der Waals surface area (Å²) >= 11 is 5.87. The second kappa shape index (κ2) is 7.70. The van der Waals surface area contributed by atoms with Crippen LogP contribution in [-0.2, 0) is 11.2 Å². The number of halogens is 1. The summed E-state index contributed by atoms with van der Waals surface area (Å²) in [7, 11) is 1.74. The number of hydrogen-bond acceptors (Lipinski definition) is 2. The summed E-state index contributed by atoms with van der Waals surface area (Å²) in [5.74, 6) is 1.09. The number of nitrogens with two attached hydrogens (primary N) is 1. The molecule has 17 heavy (non-hydrogen) atoms. The molecule has 0 aliphatic heterocycles. The lowest BCUT2D eigenvalue weighted by Crippen LogP contribution is -2.24. The van der Waals surface area contributed by atoms with E-state index in [2.05, 4.69) is 19.1 Å². The van der Waals surface area contributed by atoms with Crippen LogP contribution in [0.3, 0.4) is 0 Å². The quantitative estimate of drug-likeness (QED) is 0.813. The van der Waals surface area contributed by atoms with E-state index in [1.807, 2.05) is 12.1 Å². The molecule has 0 heterocycles. The van der Waals surface area contributed by atoms with E-state index in [-0.39, 0.29) is 0 Å². The second-order valence-corrected chi connectivity index (χ2v) is 5.02. The highest BCUT2D eigenvalue weighted by molar-refractivity contribution is 6.30. The number of methoxy groups -OCH3 is 1. The highest BCUT2D eigenvalue weighted by atomic mass is 35.5. The molecule has 2 unspecified atom stereocenters. The molecule has 2 N–H and O–H groups in total. The Balaban J connectivity index is 2.53. The van der Waals surface area contributed by atoms with Gasteiger partial charge in [0.2, 0.25) is 0 Å². The van der Waals surface area contributed by atoms with E-state index in [9.17, 15) is 0 Å². The average molecular weight is 256 g/mol. The van der Waals surface area contributed by atoms with Gasteiger partial charge in [-0.25, -0.2) is 0 Å². The summed E-state index contributed by atoms with van der Waals surface area (Å²) in [4.78, 5) is 0. The van der Waals surface area contributed by atoms with Gasteiger partial charge in [-0.2, -0.15) is 0 Å². The number of benzene rings is 1. The second-order valence-electron chi connectivity index (χ2n) is 4.59. The molecule has 1 rings (SSSR count). The normalized spacial score (nSPS) is 14.6. The van der Waals surface area contributed by atoms with Gasteiger partial charge in [0.1, 0.15) is 0 Å². The van der Waals surface area contributed by atoms with E-state index in [0.717, 1.165) is 24.5 Å². The zero-order chi connectivity index (χ0) is 12.7. The maximum Gasteiger partial charge on any atom is 0.0464 e. The first kappa shape index (κ1) is 14.5. The Kier molecular flexibility index (Phi) is 6.56. The molecule has 1 aromatic rings. The van der Waals surface area contributed by atoms with Crippen molar-refractivity contribution in [2.75, 3.05) is 20.3 Å². The van der Waals surface area contributed by atoms with Crippen LogP contribution in [0.1, 0.15) is 18.9 Å². The monoisotopic (exact) mass is 255 g/mol. The van der Waals surface area contributed by atoms with Crippen molar-refractivity contribution >= 4 is 11.6 Å². The Morgan fingerprint density at radius 1 is 1.29 bits per heavy atom. The van der Waals surface area contributed by atoms with Crippen molar-refractivity contribution in [3.05, 3.63) is 34.9 Å². The lowest BCUT2D eigenvalue weighted by Gasteiger charge is -2.22. The lowest BCUT2D eigenvalue weighted by atomic mass is 9.86. The Morgan fingerprint density at radius 3 is 2.47 bits per heavy atom. The summed E-state index contributed by atoms with van der Waals surface area (Å²) in [6.07, 6.45) is 2.07. The fraction of sp³-hybridized carbons (Fsp3) is 0.571. The minimum atomic E-state index is 0.506. The Hall–Kier alpha value is -0.570. The molecular formula is C14H22ClNO. The van der Waals surface area contributed by atoms with Gasteiger partial charge in [-0.1, -0.05) is 30.7 Å². The summed E-state index contributed by atoms with van der Waals surface area (Å²) < 4.78 is 5.11. The van der Waals surface area contributed by atoms with Gasteiger partial charge >= 0.3 is 0 Å². The van der Waals surface area contributed by atoms with E-state index in [4.69, 9.17) is 22.1 Å². The van der Waals surface area contributed by atoms with Gasteiger partial charge in [-0.15, -0.1) is 0 Å². The van der Waals surface area contributed by atoms with Crippen LogP contribution in [0.5, 0.6) is 0 Å². The van der Waals surface area contributed by atoms with Gasteiger partial charge in [0.15, 0.2) is 0 Å². The summed E-state index contributed by atoms with van der Waals surface area (Å²) in [6.45, 7) is 3.76. The summed E-state index contributed by atoms with van der Waals surface area (Å²) in [5.41, 5.74) is 7.16. The van der Waals surface area contributed by atoms with Crippen LogP contribution in [0.2, 0.25) is 5.02 Å². The third-order valence-corrected chi connectivity index (χ3v) is 3.55. The van der Waals surface area contributed by atoms with Crippen LogP contribution >= 0.6 is 11.6 Å². The smallest absolute Gasteiger partial charge is 0.0464 e. The third kappa shape index (κ3) is 5.07. The van der Waals surface area contributed by atoms with Gasteiger partial charge in [-0.05, 0) is 48.9 Å². The van der Waals surface area contributed by atoms with E-state index < -0.39 is 0 Å². The topological polar surface area (TPSA) is 35.2 Å². The van der Waals surface area contributed by atoms with Crippen LogP contribution in [0.15, 0.2) is 24.3 Å². The molecule has 0 saturated heterocycles. The Morgan fingerprint density at radius 2 is 1.94 bits per heavy atom. The van der Waals surface area contributed by atoms with Crippen molar-refractivity contribution in [2.45, 2.75) is 19.8 Å². The minimum absolute atomic E-state index is 0.506. The maximum absolute atomic E-state index is 5.87. The molecule has 0 radical (unpaired) electrons. The van der Waals surface area contributed by atoms with E-state index in [1.165, 1.54) is 5.56 Å². The first-order chi connectivity index (χ1) is 8.17. The largest absolute Gasteiger partial charge is 0.385 e. The summed E-state index contributed by atoms with van der Waals surface area (Å²) in [5, 5.41) is 0.783. The summed E-state index contributed by atoms with van der Waals surface area (Å²) in [6, 6.07) is 8.02. The van der Waals surface area contributed by atoms with Gasteiger partial charge in [0.25, 0.3) is 0 Å². The first-order valence-corrected chi connectivity index (χ1v) is 6.48. The Labute approximate surface area is 109 Å². The molecule has 1 aromatic carbocycles. The van der Waals surface area contributed by atoms with Gasteiger partial charge in [0, 0.05) is 18.7 Å². The lowest BCUT2D eigenvalue weighted by molar-refractivity contribution is 0.166. The van der Waals surface area contributed by atoms with Crippen molar-refractivity contribution < 1.29 is 4.74 Å². The van der Waals surface area contributed by atoms with Crippen molar-refractivity contribution in [3.63, 3.8) is 0 Å². The predicted octanol–water partition coefficient (Wildman–Crippen LogP) is 3.13. The zero-order valence-corrected chi connectivity index (χ0v) is 11.4. The van der Waals surface area contributed by atoms with Crippen LogP contribution in [0.4, 0.5) is 0 Å². The van der Waals surface area contributed by atoms with Gasteiger partial charge < -0.3 is 10.5 Å². The van der Waals surface area contributed by atoms with E-state index in [0.29, 0.717) is 18.4 Å². The molecule has 0 aliphatic rings. The molecule has 2 atom stereocenters. The Bertz CT molecular complexity index is 313. The molecule has 96 valence electrons. The highest BCUT2D eigenvalue weighted by Gasteiger charge is 2.16. The average Bonchev–Trinajstić information content (AvgIpc) is 2.35. The van der Waals surface area contributed by atoms with Crippen LogP contribution in [0, 0.1) is 11.8 Å². The SMILES string of the molecule is COCCC(C)C(CN)Cc1ccc(Cl)cc1. The van der Waals surface area contributed by atoms with Crippen molar-refractivity contribution in [2.24, 2.45) is 17.6 Å². The van der Waals surface area contributed by atoms with E-state index in [1.54, 1.807) is 7.11 Å². The molecule has 0 amide bonds. The van der Waals surface area contributed by atoms with E-state index >= 15 is 0 Å². The third-order valence-electron chi connectivity index (χ3n) is 3.30. The van der Waals surface area contributed by atoms with Crippen LogP contribution < -0.4 is 5.73 Å². The number of ether oxygens (including phenoxy) is 1. The maximum atomic E-state index is 5.87.